The van der Waals surface area contributed by atoms with Gasteiger partial charge in [-0.05, 0) is 84.5 Å². The van der Waals surface area contributed by atoms with Crippen molar-refractivity contribution in [1.82, 2.24) is 0 Å². The standard InChI is InChI=1S/C34H42O4/c1-21(2)33-17-18-34(20-33,22(3)4)26-25(33)31(5)19-32(26,6)28(38-30(36)24-15-11-8-12-16-24)27(31)37-29(35)23-13-9-7-10-14-23/h7-16,21-22,25-28H,17-20H2,1-6H3. The highest BCUT2D eigenvalue weighted by Crippen LogP contribution is 2.86. The van der Waals surface area contributed by atoms with Crippen LogP contribution >= 0.6 is 0 Å². The van der Waals surface area contributed by atoms with E-state index in [0.29, 0.717) is 34.8 Å². The molecule has 2 aromatic rings. The second kappa shape index (κ2) is 8.44. The minimum absolute atomic E-state index is 0.229. The predicted octanol–water partition coefficient (Wildman–Crippen LogP) is 7.58. The van der Waals surface area contributed by atoms with Crippen LogP contribution in [0.2, 0.25) is 0 Å². The van der Waals surface area contributed by atoms with Gasteiger partial charge in [-0.3, -0.25) is 0 Å². The minimum Gasteiger partial charge on any atom is -0.454 e. The van der Waals surface area contributed by atoms with E-state index >= 15 is 0 Å². The lowest BCUT2D eigenvalue weighted by molar-refractivity contribution is -0.168. The quantitative estimate of drug-likeness (QED) is 0.294. The summed E-state index contributed by atoms with van der Waals surface area (Å²) in [4.78, 5) is 27.0. The lowest BCUT2D eigenvalue weighted by atomic mass is 9.50. The number of hydrogen-bond donors (Lipinski definition) is 0. The Hall–Kier alpha value is -2.62. The van der Waals surface area contributed by atoms with Crippen molar-refractivity contribution >= 4 is 11.9 Å². The van der Waals surface area contributed by atoms with Crippen molar-refractivity contribution in [2.24, 2.45) is 45.3 Å². The number of ether oxygens (including phenoxy) is 2. The van der Waals surface area contributed by atoms with Crippen LogP contribution in [0.1, 0.15) is 87.9 Å². The summed E-state index contributed by atoms with van der Waals surface area (Å²) in [6.45, 7) is 14.3. The van der Waals surface area contributed by atoms with Crippen molar-refractivity contribution in [1.29, 1.82) is 0 Å². The summed E-state index contributed by atoms with van der Waals surface area (Å²) < 4.78 is 12.9. The third-order valence-electron chi connectivity index (χ3n) is 11.8. The average molecular weight is 515 g/mol. The molecule has 4 nitrogen and oxygen atoms in total. The highest BCUT2D eigenvalue weighted by Gasteiger charge is 2.84. The van der Waals surface area contributed by atoms with Crippen LogP contribution in [0.5, 0.6) is 0 Å². The van der Waals surface area contributed by atoms with Crippen LogP contribution in [0.15, 0.2) is 60.7 Å². The molecule has 4 bridgehead atoms. The fourth-order valence-electron chi connectivity index (χ4n) is 10.4. The van der Waals surface area contributed by atoms with Gasteiger partial charge in [0.05, 0.1) is 11.1 Å². The Bertz CT molecular complexity index is 1140. The first-order chi connectivity index (χ1) is 18.0. The van der Waals surface area contributed by atoms with Crippen LogP contribution in [0, 0.1) is 45.3 Å². The molecule has 0 saturated heterocycles. The van der Waals surface area contributed by atoms with Crippen LogP contribution in [-0.4, -0.2) is 24.1 Å². The minimum atomic E-state index is -0.478. The molecule has 0 aliphatic heterocycles. The van der Waals surface area contributed by atoms with Gasteiger partial charge in [-0.2, -0.15) is 0 Å². The van der Waals surface area contributed by atoms with Crippen LogP contribution < -0.4 is 0 Å². The first-order valence-electron chi connectivity index (χ1n) is 14.5. The van der Waals surface area contributed by atoms with Gasteiger partial charge in [-0.15, -0.1) is 0 Å². The molecular formula is C34H42O4. The summed E-state index contributed by atoms with van der Waals surface area (Å²) in [5.41, 5.74) is 1.03. The van der Waals surface area contributed by atoms with E-state index in [1.54, 1.807) is 24.3 Å². The molecule has 0 N–H and O–H groups in total. The Labute approximate surface area is 227 Å². The Morgan fingerprint density at radius 2 is 1.03 bits per heavy atom. The topological polar surface area (TPSA) is 52.6 Å². The third kappa shape index (κ3) is 3.21. The Morgan fingerprint density at radius 1 is 0.658 bits per heavy atom. The second-order valence-corrected chi connectivity index (χ2v) is 14.0. The molecule has 2 aromatic carbocycles. The average Bonchev–Trinajstić information content (AvgIpc) is 3.59. The second-order valence-electron chi connectivity index (χ2n) is 14.0. The Kier molecular flexibility index (Phi) is 5.69. The highest BCUT2D eigenvalue weighted by atomic mass is 16.6. The van der Waals surface area contributed by atoms with Crippen LogP contribution in [0.3, 0.4) is 0 Å². The highest BCUT2D eigenvalue weighted by molar-refractivity contribution is 5.90. The van der Waals surface area contributed by atoms with Gasteiger partial charge in [-0.25, -0.2) is 9.59 Å². The van der Waals surface area contributed by atoms with Crippen molar-refractivity contribution in [2.45, 2.75) is 79.4 Å². The molecule has 202 valence electrons. The number of carbonyl (C=O) groups excluding carboxylic acids is 2. The molecule has 4 heteroatoms. The number of esters is 2. The van der Waals surface area contributed by atoms with Crippen LogP contribution in [0.4, 0.5) is 0 Å². The smallest absolute Gasteiger partial charge is 0.338 e. The summed E-state index contributed by atoms with van der Waals surface area (Å²) in [6.07, 6.45) is 3.67. The fourth-order valence-corrected chi connectivity index (χ4v) is 10.4. The molecule has 8 unspecified atom stereocenters. The van der Waals surface area contributed by atoms with Gasteiger partial charge in [0.25, 0.3) is 0 Å². The number of carbonyl (C=O) groups is 2. The third-order valence-corrected chi connectivity index (χ3v) is 11.8. The molecule has 4 fully saturated rings. The molecule has 0 radical (unpaired) electrons. The summed E-state index contributed by atoms with van der Waals surface area (Å²) in [6, 6.07) is 18.4. The van der Waals surface area contributed by atoms with Gasteiger partial charge in [0, 0.05) is 10.8 Å². The molecule has 38 heavy (non-hydrogen) atoms. The summed E-state index contributed by atoms with van der Waals surface area (Å²) in [7, 11) is 0. The number of rotatable bonds is 6. The van der Waals surface area contributed by atoms with E-state index < -0.39 is 12.2 Å². The lowest BCUT2D eigenvalue weighted by Crippen LogP contribution is -2.59. The van der Waals surface area contributed by atoms with E-state index in [4.69, 9.17) is 9.47 Å². The van der Waals surface area contributed by atoms with E-state index in [-0.39, 0.29) is 33.6 Å². The fraction of sp³-hybridized carbons (Fsp3) is 0.588. The zero-order chi connectivity index (χ0) is 27.1. The monoisotopic (exact) mass is 514 g/mol. The maximum Gasteiger partial charge on any atom is 0.338 e. The van der Waals surface area contributed by atoms with Crippen molar-refractivity contribution in [3.63, 3.8) is 0 Å². The Morgan fingerprint density at radius 3 is 1.37 bits per heavy atom. The molecule has 0 heterocycles. The van der Waals surface area contributed by atoms with Crippen molar-refractivity contribution < 1.29 is 19.1 Å². The number of hydrogen-bond acceptors (Lipinski definition) is 4. The van der Waals surface area contributed by atoms with Crippen molar-refractivity contribution in [3.8, 4) is 0 Å². The maximum absolute atomic E-state index is 13.5. The molecule has 8 atom stereocenters. The van der Waals surface area contributed by atoms with Gasteiger partial charge in [0.2, 0.25) is 0 Å². The maximum atomic E-state index is 13.5. The van der Waals surface area contributed by atoms with Crippen LogP contribution in [-0.2, 0) is 9.47 Å². The van der Waals surface area contributed by atoms with Crippen molar-refractivity contribution in [2.75, 3.05) is 0 Å². The van der Waals surface area contributed by atoms with Crippen LogP contribution in [0.25, 0.3) is 0 Å². The van der Waals surface area contributed by atoms with Gasteiger partial charge < -0.3 is 9.47 Å². The molecule has 0 aromatic heterocycles. The molecule has 4 aliphatic carbocycles. The first-order valence-corrected chi connectivity index (χ1v) is 14.5. The largest absolute Gasteiger partial charge is 0.454 e. The molecule has 0 amide bonds. The summed E-state index contributed by atoms with van der Waals surface area (Å²) >= 11 is 0. The van der Waals surface area contributed by atoms with E-state index in [1.807, 2.05) is 36.4 Å². The zero-order valence-electron chi connectivity index (χ0n) is 23.7. The number of fused-ring (bicyclic) bond motifs is 9. The molecule has 0 spiro atoms. The van der Waals surface area contributed by atoms with Gasteiger partial charge in [-0.1, -0.05) is 77.9 Å². The lowest BCUT2D eigenvalue weighted by Gasteiger charge is -2.57. The van der Waals surface area contributed by atoms with E-state index in [1.165, 1.54) is 19.3 Å². The van der Waals surface area contributed by atoms with E-state index in [0.717, 1.165) is 6.42 Å². The van der Waals surface area contributed by atoms with Gasteiger partial charge >= 0.3 is 11.9 Å². The Balaban J connectivity index is 1.45. The van der Waals surface area contributed by atoms with E-state index in [2.05, 4.69) is 41.5 Å². The zero-order valence-corrected chi connectivity index (χ0v) is 23.7. The number of benzene rings is 2. The first kappa shape index (κ1) is 25.6. The van der Waals surface area contributed by atoms with E-state index in [9.17, 15) is 9.59 Å². The molecule has 6 rings (SSSR count). The SMILES string of the molecule is CC(C)C12CCC(C(C)C)(C1)C1C2C2(C)CC1(C)C(OC(=O)c1ccccc1)C2OC(=O)c1ccccc1. The predicted molar refractivity (Wildman–Crippen MR) is 147 cm³/mol. The summed E-state index contributed by atoms with van der Waals surface area (Å²) in [5, 5.41) is 0. The molecule has 4 aliphatic rings. The summed E-state index contributed by atoms with van der Waals surface area (Å²) in [5.74, 6) is 1.33. The van der Waals surface area contributed by atoms with Gasteiger partial charge in [0.15, 0.2) is 0 Å². The normalized spacial score (nSPS) is 40.5. The van der Waals surface area contributed by atoms with Crippen molar-refractivity contribution in [3.05, 3.63) is 71.8 Å². The molecular weight excluding hydrogens is 472 g/mol. The van der Waals surface area contributed by atoms with Gasteiger partial charge in [0.1, 0.15) is 12.2 Å². The molecule has 4 saturated carbocycles.